The molecule has 0 aromatic carbocycles. The minimum absolute atomic E-state index is 0.857. The zero-order valence-electron chi connectivity index (χ0n) is 9.41. The molecular formula is C12H20N2S. The van der Waals surface area contributed by atoms with Gasteiger partial charge in [0.05, 0.1) is 0 Å². The molecule has 0 saturated carbocycles. The molecule has 0 amide bonds. The zero-order chi connectivity index (χ0) is 10.7. The number of hydrogen-bond acceptors (Lipinski definition) is 3. The summed E-state index contributed by atoms with van der Waals surface area (Å²) in [5, 5.41) is 4.25. The van der Waals surface area contributed by atoms with Gasteiger partial charge >= 0.3 is 0 Å². The van der Waals surface area contributed by atoms with E-state index in [0.717, 1.165) is 25.4 Å². The Kier molecular flexibility index (Phi) is 3.89. The molecule has 1 saturated heterocycles. The maximum Gasteiger partial charge on any atom is 0.0131 e. The summed E-state index contributed by atoms with van der Waals surface area (Å²) in [7, 11) is 0. The molecule has 84 valence electrons. The molecule has 2 rings (SSSR count). The first-order valence-electron chi connectivity index (χ1n) is 5.75. The van der Waals surface area contributed by atoms with Gasteiger partial charge in [0.15, 0.2) is 0 Å². The summed E-state index contributed by atoms with van der Waals surface area (Å²) in [6.45, 7) is 4.34. The fourth-order valence-corrected chi connectivity index (χ4v) is 3.08. The highest BCUT2D eigenvalue weighted by Crippen LogP contribution is 2.34. The molecular weight excluding hydrogens is 204 g/mol. The van der Waals surface area contributed by atoms with Gasteiger partial charge in [-0.2, -0.15) is 0 Å². The van der Waals surface area contributed by atoms with Crippen LogP contribution in [0.15, 0.2) is 22.0 Å². The Labute approximate surface area is 96.6 Å². The number of nitrogens with two attached hydrogens (primary N) is 1. The number of nitrogens with zero attached hydrogens (tertiary/aromatic N) is 1. The van der Waals surface area contributed by atoms with Crippen LogP contribution in [0.25, 0.3) is 0 Å². The lowest BCUT2D eigenvalue weighted by atomic mass is 9.94. The smallest absolute Gasteiger partial charge is 0.0131 e. The minimum Gasteiger partial charge on any atom is -0.269 e. The second-order valence-corrected chi connectivity index (χ2v) is 5.64. The largest absolute Gasteiger partial charge is 0.269 e. The first kappa shape index (κ1) is 11.2. The fraction of sp³-hybridized carbons (Fsp3) is 0.667. The predicted octanol–water partition coefficient (Wildman–Crippen LogP) is 2.89. The molecule has 0 aromatic heterocycles. The molecule has 2 heterocycles. The Morgan fingerprint density at radius 1 is 1.47 bits per heavy atom. The number of hydrogen-bond donors (Lipinski definition) is 1. The van der Waals surface area contributed by atoms with Crippen LogP contribution in [0.1, 0.15) is 32.6 Å². The Hall–Kier alpha value is -0.250. The molecule has 3 heteroatoms. The topological polar surface area (TPSA) is 29.3 Å². The minimum atomic E-state index is 0.857. The first-order chi connectivity index (χ1) is 7.24. The van der Waals surface area contributed by atoms with Crippen LogP contribution in [-0.2, 0) is 0 Å². The molecule has 0 radical (unpaired) electrons. The Balaban J connectivity index is 1.78. The van der Waals surface area contributed by atoms with Crippen LogP contribution in [-0.4, -0.2) is 18.1 Å². The van der Waals surface area contributed by atoms with Crippen LogP contribution in [0.2, 0.25) is 0 Å². The van der Waals surface area contributed by atoms with Gasteiger partial charge in [-0.15, -0.1) is 11.8 Å². The zero-order valence-corrected chi connectivity index (χ0v) is 10.2. The highest BCUT2D eigenvalue weighted by molar-refractivity contribution is 8.05. The summed E-state index contributed by atoms with van der Waals surface area (Å²) >= 11 is 1.92. The molecule has 2 N–H and O–H groups in total. The number of piperidine rings is 1. The SMILES string of the molecule is CC1=CSC(CC2CCN(N)CC2)=CC1. The lowest BCUT2D eigenvalue weighted by Crippen LogP contribution is -2.38. The summed E-state index contributed by atoms with van der Waals surface area (Å²) in [6.07, 6.45) is 7.34. The Morgan fingerprint density at radius 3 is 2.80 bits per heavy atom. The summed E-state index contributed by atoms with van der Waals surface area (Å²) in [5.41, 5.74) is 1.49. The summed E-state index contributed by atoms with van der Waals surface area (Å²) in [4.78, 5) is 1.57. The molecule has 0 atom stereocenters. The third-order valence-electron chi connectivity index (χ3n) is 3.20. The van der Waals surface area contributed by atoms with Crippen molar-refractivity contribution >= 4 is 11.8 Å². The quantitative estimate of drug-likeness (QED) is 0.731. The average Bonchev–Trinajstić information content (AvgIpc) is 2.25. The second-order valence-electron chi connectivity index (χ2n) is 4.64. The number of hydrazine groups is 1. The highest BCUT2D eigenvalue weighted by atomic mass is 32.2. The number of thioether (sulfide) groups is 1. The van der Waals surface area contributed by atoms with Gasteiger partial charge in [-0.3, -0.25) is 5.84 Å². The van der Waals surface area contributed by atoms with Crippen LogP contribution in [0.5, 0.6) is 0 Å². The third kappa shape index (κ3) is 3.37. The van der Waals surface area contributed by atoms with E-state index in [-0.39, 0.29) is 0 Å². The van der Waals surface area contributed by atoms with Crippen molar-refractivity contribution in [3.8, 4) is 0 Å². The maximum atomic E-state index is 5.75. The van der Waals surface area contributed by atoms with Crippen molar-refractivity contribution in [2.45, 2.75) is 32.6 Å². The van der Waals surface area contributed by atoms with Crippen molar-refractivity contribution in [3.63, 3.8) is 0 Å². The van der Waals surface area contributed by atoms with Gasteiger partial charge in [-0.25, -0.2) is 5.01 Å². The third-order valence-corrected chi connectivity index (χ3v) is 4.36. The van der Waals surface area contributed by atoms with Gasteiger partial charge in [0.25, 0.3) is 0 Å². The van der Waals surface area contributed by atoms with Crippen LogP contribution < -0.4 is 5.84 Å². The molecule has 0 bridgehead atoms. The van der Waals surface area contributed by atoms with Crippen LogP contribution in [0.3, 0.4) is 0 Å². The summed E-state index contributed by atoms with van der Waals surface area (Å²) in [6, 6.07) is 0. The van der Waals surface area contributed by atoms with Crippen molar-refractivity contribution in [2.75, 3.05) is 13.1 Å². The molecule has 0 aliphatic carbocycles. The standard InChI is InChI=1S/C12H20N2S/c1-10-2-3-12(15-9-10)8-11-4-6-14(13)7-5-11/h3,9,11H,2,4-8,13H2,1H3. The van der Waals surface area contributed by atoms with E-state index in [0.29, 0.717) is 0 Å². The van der Waals surface area contributed by atoms with Crippen molar-refractivity contribution in [2.24, 2.45) is 11.8 Å². The second kappa shape index (κ2) is 5.19. The Bertz CT molecular complexity index is 275. The number of rotatable bonds is 2. The van der Waals surface area contributed by atoms with Gasteiger partial charge < -0.3 is 0 Å². The lowest BCUT2D eigenvalue weighted by Gasteiger charge is -2.29. The lowest BCUT2D eigenvalue weighted by molar-refractivity contribution is 0.188. The van der Waals surface area contributed by atoms with Crippen LogP contribution in [0.4, 0.5) is 0 Å². The van der Waals surface area contributed by atoms with Crippen molar-refractivity contribution in [1.29, 1.82) is 0 Å². The fourth-order valence-electron chi connectivity index (χ4n) is 2.12. The predicted molar refractivity (Wildman–Crippen MR) is 67.1 cm³/mol. The van der Waals surface area contributed by atoms with E-state index in [1.807, 2.05) is 16.8 Å². The highest BCUT2D eigenvalue weighted by Gasteiger charge is 2.18. The maximum absolute atomic E-state index is 5.75. The van der Waals surface area contributed by atoms with E-state index in [9.17, 15) is 0 Å². The molecule has 2 nitrogen and oxygen atoms in total. The van der Waals surface area contributed by atoms with Crippen LogP contribution >= 0.6 is 11.8 Å². The van der Waals surface area contributed by atoms with E-state index in [4.69, 9.17) is 5.84 Å². The Morgan fingerprint density at radius 2 is 2.20 bits per heavy atom. The molecule has 2 aliphatic heterocycles. The normalized spacial score (nSPS) is 24.9. The van der Waals surface area contributed by atoms with E-state index in [2.05, 4.69) is 18.4 Å². The summed E-state index contributed by atoms with van der Waals surface area (Å²) in [5.74, 6) is 6.61. The first-order valence-corrected chi connectivity index (χ1v) is 6.63. The molecule has 15 heavy (non-hydrogen) atoms. The van der Waals surface area contributed by atoms with E-state index in [1.54, 1.807) is 4.91 Å². The molecule has 2 aliphatic rings. The van der Waals surface area contributed by atoms with Crippen molar-refractivity contribution < 1.29 is 0 Å². The summed E-state index contributed by atoms with van der Waals surface area (Å²) < 4.78 is 0. The number of allylic oxidation sites excluding steroid dienone is 3. The average molecular weight is 224 g/mol. The van der Waals surface area contributed by atoms with E-state index < -0.39 is 0 Å². The van der Waals surface area contributed by atoms with Crippen molar-refractivity contribution in [1.82, 2.24) is 5.01 Å². The molecule has 0 aromatic rings. The van der Waals surface area contributed by atoms with Gasteiger partial charge in [0, 0.05) is 13.1 Å². The molecule has 0 unspecified atom stereocenters. The molecule has 0 spiro atoms. The van der Waals surface area contributed by atoms with Crippen molar-refractivity contribution in [3.05, 3.63) is 22.0 Å². The van der Waals surface area contributed by atoms with Crippen LogP contribution in [0, 0.1) is 5.92 Å². The van der Waals surface area contributed by atoms with Gasteiger partial charge in [-0.05, 0) is 48.8 Å². The molecule has 1 fully saturated rings. The van der Waals surface area contributed by atoms with Gasteiger partial charge in [0.2, 0.25) is 0 Å². The van der Waals surface area contributed by atoms with E-state index >= 15 is 0 Å². The van der Waals surface area contributed by atoms with E-state index in [1.165, 1.54) is 24.8 Å². The van der Waals surface area contributed by atoms with Gasteiger partial charge in [-0.1, -0.05) is 11.6 Å². The monoisotopic (exact) mass is 224 g/mol. The van der Waals surface area contributed by atoms with Gasteiger partial charge in [0.1, 0.15) is 0 Å².